The van der Waals surface area contributed by atoms with E-state index in [-0.39, 0.29) is 11.3 Å². The monoisotopic (exact) mass is 373 g/mol. The van der Waals surface area contributed by atoms with Crippen molar-refractivity contribution in [2.45, 2.75) is 26.7 Å². The lowest BCUT2D eigenvalue weighted by molar-refractivity contribution is 0.0952. The number of phenols is 1. The zero-order chi connectivity index (χ0) is 18.9. The minimum absolute atomic E-state index is 0.0831. The second-order valence-corrected chi connectivity index (χ2v) is 6.38. The van der Waals surface area contributed by atoms with E-state index in [4.69, 9.17) is 11.6 Å². The van der Waals surface area contributed by atoms with E-state index >= 15 is 0 Å². The molecule has 0 aliphatic rings. The smallest absolute Gasteiger partial charge is 0.275 e. The Hall–Kier alpha value is -2.53. The number of hydrogen-bond acceptors (Lipinski definition) is 4. The molecule has 0 heterocycles. The Morgan fingerprint density at radius 3 is 2.42 bits per heavy atom. The number of hydrazone groups is 1. The number of carbonyl (C=O) groups is 1. The Morgan fingerprint density at radius 2 is 1.81 bits per heavy atom. The SMILES string of the molecule is CCCN(CCC)c1ccc(/C=N/NC(=O)c2cc(Cl)ccc2O)cc1. The van der Waals surface area contributed by atoms with Crippen LogP contribution in [0.3, 0.4) is 0 Å². The Bertz CT molecular complexity index is 754. The van der Waals surface area contributed by atoms with Crippen molar-refractivity contribution in [2.75, 3.05) is 18.0 Å². The zero-order valence-corrected chi connectivity index (χ0v) is 15.8. The number of amides is 1. The summed E-state index contributed by atoms with van der Waals surface area (Å²) in [7, 11) is 0. The van der Waals surface area contributed by atoms with Crippen molar-refractivity contribution in [3.63, 3.8) is 0 Å². The van der Waals surface area contributed by atoms with Gasteiger partial charge in [0, 0.05) is 23.8 Å². The second kappa shape index (κ2) is 9.82. The second-order valence-electron chi connectivity index (χ2n) is 5.94. The fourth-order valence-corrected chi connectivity index (χ4v) is 2.77. The predicted octanol–water partition coefficient (Wildman–Crippen LogP) is 4.44. The van der Waals surface area contributed by atoms with Gasteiger partial charge in [-0.25, -0.2) is 5.43 Å². The van der Waals surface area contributed by atoms with Crippen LogP contribution in [0.5, 0.6) is 5.75 Å². The molecule has 5 nitrogen and oxygen atoms in total. The van der Waals surface area contributed by atoms with Gasteiger partial charge in [0.2, 0.25) is 0 Å². The number of phenolic OH excluding ortho intramolecular Hbond substituents is 1. The van der Waals surface area contributed by atoms with Gasteiger partial charge in [-0.3, -0.25) is 4.79 Å². The molecular weight excluding hydrogens is 350 g/mol. The average molecular weight is 374 g/mol. The molecule has 0 aliphatic carbocycles. The van der Waals surface area contributed by atoms with Crippen molar-refractivity contribution < 1.29 is 9.90 Å². The van der Waals surface area contributed by atoms with Crippen LogP contribution in [0, 0.1) is 0 Å². The van der Waals surface area contributed by atoms with Crippen LogP contribution in [0.4, 0.5) is 5.69 Å². The van der Waals surface area contributed by atoms with Crippen molar-refractivity contribution in [1.29, 1.82) is 0 Å². The number of hydrogen-bond donors (Lipinski definition) is 2. The van der Waals surface area contributed by atoms with E-state index in [1.165, 1.54) is 23.9 Å². The third kappa shape index (κ3) is 5.49. The lowest BCUT2D eigenvalue weighted by Crippen LogP contribution is -2.24. The first-order chi connectivity index (χ1) is 12.5. The highest BCUT2D eigenvalue weighted by atomic mass is 35.5. The topological polar surface area (TPSA) is 64.9 Å². The Labute approximate surface area is 159 Å². The molecule has 0 unspecified atom stereocenters. The third-order valence-electron chi connectivity index (χ3n) is 3.83. The van der Waals surface area contributed by atoms with Crippen LogP contribution in [-0.4, -0.2) is 30.3 Å². The summed E-state index contributed by atoms with van der Waals surface area (Å²) in [5.74, 6) is -0.659. The standard InChI is InChI=1S/C20H24ClN3O2/c1-3-11-24(12-4-2)17-8-5-15(6-9-17)14-22-23-20(26)18-13-16(21)7-10-19(18)25/h5-10,13-14,25H,3-4,11-12H2,1-2H3,(H,23,26)/b22-14+. The Morgan fingerprint density at radius 1 is 1.15 bits per heavy atom. The first-order valence-corrected chi connectivity index (χ1v) is 9.09. The first-order valence-electron chi connectivity index (χ1n) is 8.72. The van der Waals surface area contributed by atoms with E-state index in [0.29, 0.717) is 5.02 Å². The van der Waals surface area contributed by atoms with Gasteiger partial charge in [0.25, 0.3) is 5.91 Å². The number of benzene rings is 2. The van der Waals surface area contributed by atoms with Gasteiger partial charge in [-0.05, 0) is 48.7 Å². The summed E-state index contributed by atoms with van der Waals surface area (Å²) in [6.45, 7) is 6.40. The first kappa shape index (κ1) is 19.8. The van der Waals surface area contributed by atoms with Crippen LogP contribution in [0.15, 0.2) is 47.6 Å². The van der Waals surface area contributed by atoms with Gasteiger partial charge >= 0.3 is 0 Å². The van der Waals surface area contributed by atoms with E-state index in [1.54, 1.807) is 6.21 Å². The molecule has 26 heavy (non-hydrogen) atoms. The lowest BCUT2D eigenvalue weighted by Gasteiger charge is -2.23. The van der Waals surface area contributed by atoms with Crippen molar-refractivity contribution in [3.8, 4) is 5.75 Å². The van der Waals surface area contributed by atoms with Crippen LogP contribution >= 0.6 is 11.6 Å². The number of rotatable bonds is 8. The molecule has 138 valence electrons. The molecular formula is C20H24ClN3O2. The van der Waals surface area contributed by atoms with E-state index in [2.05, 4.69) is 41.4 Å². The molecule has 0 saturated heterocycles. The molecule has 0 saturated carbocycles. The predicted molar refractivity (Wildman–Crippen MR) is 107 cm³/mol. The summed E-state index contributed by atoms with van der Waals surface area (Å²) in [5.41, 5.74) is 4.53. The van der Waals surface area contributed by atoms with Crippen LogP contribution in [-0.2, 0) is 0 Å². The van der Waals surface area contributed by atoms with E-state index < -0.39 is 5.91 Å². The Balaban J connectivity index is 2.00. The lowest BCUT2D eigenvalue weighted by atomic mass is 10.2. The number of nitrogens with one attached hydrogen (secondary N) is 1. The van der Waals surface area contributed by atoms with E-state index in [1.807, 2.05) is 12.1 Å². The highest BCUT2D eigenvalue weighted by Crippen LogP contribution is 2.21. The molecule has 0 atom stereocenters. The summed E-state index contributed by atoms with van der Waals surface area (Å²) < 4.78 is 0. The highest BCUT2D eigenvalue weighted by Gasteiger charge is 2.10. The maximum Gasteiger partial charge on any atom is 0.275 e. The minimum atomic E-state index is -0.519. The number of nitrogens with zero attached hydrogens (tertiary/aromatic N) is 2. The molecule has 2 aromatic rings. The molecule has 0 aliphatic heterocycles. The largest absolute Gasteiger partial charge is 0.507 e. The fraction of sp³-hybridized carbons (Fsp3) is 0.300. The maximum absolute atomic E-state index is 12.0. The van der Waals surface area contributed by atoms with Crippen LogP contribution in [0.1, 0.15) is 42.6 Å². The quantitative estimate of drug-likeness (QED) is 0.531. The molecule has 0 aromatic heterocycles. The van der Waals surface area contributed by atoms with Gasteiger partial charge in [-0.1, -0.05) is 37.6 Å². The highest BCUT2D eigenvalue weighted by molar-refractivity contribution is 6.31. The van der Waals surface area contributed by atoms with E-state index in [9.17, 15) is 9.90 Å². The number of halogens is 1. The van der Waals surface area contributed by atoms with Crippen molar-refractivity contribution in [3.05, 3.63) is 58.6 Å². The fourth-order valence-electron chi connectivity index (χ4n) is 2.60. The van der Waals surface area contributed by atoms with Crippen LogP contribution in [0.25, 0.3) is 0 Å². The van der Waals surface area contributed by atoms with Gasteiger partial charge in [-0.15, -0.1) is 0 Å². The molecule has 0 bridgehead atoms. The minimum Gasteiger partial charge on any atom is -0.507 e. The van der Waals surface area contributed by atoms with Gasteiger partial charge < -0.3 is 10.0 Å². The van der Waals surface area contributed by atoms with Crippen LogP contribution in [0.2, 0.25) is 5.02 Å². The summed E-state index contributed by atoms with van der Waals surface area (Å²) in [6, 6.07) is 12.3. The van der Waals surface area contributed by atoms with Crippen molar-refractivity contribution >= 4 is 29.4 Å². The molecule has 2 N–H and O–H groups in total. The maximum atomic E-state index is 12.0. The van der Waals surface area contributed by atoms with Crippen molar-refractivity contribution in [1.82, 2.24) is 5.43 Å². The third-order valence-corrected chi connectivity index (χ3v) is 4.06. The summed E-state index contributed by atoms with van der Waals surface area (Å²) in [4.78, 5) is 14.4. The summed E-state index contributed by atoms with van der Waals surface area (Å²) >= 11 is 5.84. The Kier molecular flexibility index (Phi) is 7.48. The molecule has 1 amide bonds. The number of anilines is 1. The normalized spacial score (nSPS) is 10.9. The molecule has 6 heteroatoms. The average Bonchev–Trinajstić information content (AvgIpc) is 2.64. The summed E-state index contributed by atoms with van der Waals surface area (Å²) in [5, 5.41) is 14.0. The van der Waals surface area contributed by atoms with Gasteiger partial charge in [0.15, 0.2) is 0 Å². The summed E-state index contributed by atoms with van der Waals surface area (Å²) in [6.07, 6.45) is 3.77. The van der Waals surface area contributed by atoms with Crippen LogP contribution < -0.4 is 10.3 Å². The number of aromatic hydroxyl groups is 1. The van der Waals surface area contributed by atoms with Gasteiger partial charge in [0.1, 0.15) is 5.75 Å². The zero-order valence-electron chi connectivity index (χ0n) is 15.1. The van der Waals surface area contributed by atoms with Gasteiger partial charge in [-0.2, -0.15) is 5.10 Å². The molecule has 0 fully saturated rings. The van der Waals surface area contributed by atoms with Crippen molar-refractivity contribution in [2.24, 2.45) is 5.10 Å². The molecule has 0 radical (unpaired) electrons. The molecule has 2 aromatic carbocycles. The van der Waals surface area contributed by atoms with Gasteiger partial charge in [0.05, 0.1) is 11.8 Å². The molecule has 2 rings (SSSR count). The van der Waals surface area contributed by atoms with E-state index in [0.717, 1.165) is 31.5 Å². The molecule has 0 spiro atoms. The number of carbonyl (C=O) groups excluding carboxylic acids is 1.